The predicted octanol–water partition coefficient (Wildman–Crippen LogP) is 1.99. The molecule has 0 atom stereocenters. The highest BCUT2D eigenvalue weighted by Gasteiger charge is 1.97. The van der Waals surface area contributed by atoms with Crippen LogP contribution in [0, 0.1) is 0 Å². The Balaban J connectivity index is 1.67. The molecule has 2 rings (SSSR count). The van der Waals surface area contributed by atoms with Gasteiger partial charge in [0.15, 0.2) is 0 Å². The summed E-state index contributed by atoms with van der Waals surface area (Å²) in [5.74, 6) is 3.50. The lowest BCUT2D eigenvalue weighted by Gasteiger charge is -2.00. The highest BCUT2D eigenvalue weighted by Crippen LogP contribution is 2.12. The fraction of sp³-hybridized carbons (Fsp3) is 0.300. The van der Waals surface area contributed by atoms with E-state index < -0.39 is 0 Å². The molecule has 2 aromatic heterocycles. The second kappa shape index (κ2) is 4.93. The number of thioether (sulfide) groups is 1. The van der Waals surface area contributed by atoms with Crippen LogP contribution in [0.3, 0.4) is 0 Å². The monoisotopic (exact) mass is 223 g/mol. The van der Waals surface area contributed by atoms with E-state index in [1.165, 1.54) is 0 Å². The van der Waals surface area contributed by atoms with Gasteiger partial charge in [-0.25, -0.2) is 0 Å². The lowest BCUT2D eigenvalue weighted by molar-refractivity contribution is 0.530. The molecule has 2 aromatic rings. The minimum absolute atomic E-state index is 0.575. The van der Waals surface area contributed by atoms with Gasteiger partial charge in [0.2, 0.25) is 0 Å². The lowest BCUT2D eigenvalue weighted by atomic mass is 10.5. The van der Waals surface area contributed by atoms with Gasteiger partial charge in [-0.3, -0.25) is 4.68 Å². The summed E-state index contributed by atoms with van der Waals surface area (Å²) < 4.78 is 7.08. The Labute approximate surface area is 92.4 Å². The summed E-state index contributed by atoms with van der Waals surface area (Å²) in [6, 6.07) is 5.69. The maximum absolute atomic E-state index is 5.51. The molecule has 0 fully saturated rings. The topological polar surface area (TPSA) is 57.0 Å². The van der Waals surface area contributed by atoms with Crippen molar-refractivity contribution in [3.63, 3.8) is 0 Å². The maximum Gasteiger partial charge on any atom is 0.145 e. The van der Waals surface area contributed by atoms with E-state index >= 15 is 0 Å². The molecule has 0 aliphatic carbocycles. The maximum atomic E-state index is 5.51. The molecule has 0 aliphatic rings. The van der Waals surface area contributed by atoms with Crippen molar-refractivity contribution in [3.05, 3.63) is 36.4 Å². The number of nitrogen functional groups attached to an aromatic ring is 1. The average Bonchev–Trinajstić information content (AvgIpc) is 2.84. The third kappa shape index (κ3) is 3.06. The van der Waals surface area contributed by atoms with Crippen LogP contribution in [-0.2, 0) is 12.3 Å². The number of furan rings is 1. The van der Waals surface area contributed by atoms with Crippen molar-refractivity contribution >= 4 is 17.6 Å². The van der Waals surface area contributed by atoms with Gasteiger partial charge in [0.1, 0.15) is 11.6 Å². The van der Waals surface area contributed by atoms with Crippen LogP contribution in [0.15, 0.2) is 35.1 Å². The number of aromatic nitrogens is 2. The highest BCUT2D eigenvalue weighted by molar-refractivity contribution is 7.98. The molecule has 0 amide bonds. The first kappa shape index (κ1) is 10.2. The number of hydrogen-bond acceptors (Lipinski definition) is 4. The van der Waals surface area contributed by atoms with Crippen molar-refractivity contribution in [1.82, 2.24) is 9.78 Å². The Bertz CT molecular complexity index is 396. The van der Waals surface area contributed by atoms with E-state index in [0.29, 0.717) is 5.82 Å². The standard InChI is InChI=1S/C10H13N3OS/c11-10-3-4-13(12-10)5-7-15-8-9-2-1-6-14-9/h1-4,6H,5,7-8H2,(H2,11,12). The van der Waals surface area contributed by atoms with E-state index in [0.717, 1.165) is 23.8 Å². The van der Waals surface area contributed by atoms with Gasteiger partial charge in [-0.05, 0) is 18.2 Å². The first-order valence-corrected chi connectivity index (χ1v) is 5.89. The van der Waals surface area contributed by atoms with E-state index in [2.05, 4.69) is 5.10 Å². The summed E-state index contributed by atoms with van der Waals surface area (Å²) in [4.78, 5) is 0. The van der Waals surface area contributed by atoms with Gasteiger partial charge in [-0.1, -0.05) is 0 Å². The third-order valence-corrected chi connectivity index (χ3v) is 2.91. The van der Waals surface area contributed by atoms with Crippen LogP contribution in [0.4, 0.5) is 5.82 Å². The van der Waals surface area contributed by atoms with Crippen LogP contribution in [0.2, 0.25) is 0 Å². The SMILES string of the molecule is Nc1ccn(CCSCc2ccco2)n1. The highest BCUT2D eigenvalue weighted by atomic mass is 32.2. The summed E-state index contributed by atoms with van der Waals surface area (Å²) in [7, 11) is 0. The van der Waals surface area contributed by atoms with Crippen molar-refractivity contribution in [1.29, 1.82) is 0 Å². The Morgan fingerprint density at radius 2 is 2.40 bits per heavy atom. The quantitative estimate of drug-likeness (QED) is 0.788. The Hall–Kier alpha value is -1.36. The molecule has 2 heterocycles. The third-order valence-electron chi connectivity index (χ3n) is 1.95. The van der Waals surface area contributed by atoms with Gasteiger partial charge in [0.05, 0.1) is 18.6 Å². The zero-order valence-electron chi connectivity index (χ0n) is 8.30. The fourth-order valence-corrected chi connectivity index (χ4v) is 2.05. The van der Waals surface area contributed by atoms with E-state index in [9.17, 15) is 0 Å². The first-order valence-electron chi connectivity index (χ1n) is 4.73. The fourth-order valence-electron chi connectivity index (χ4n) is 1.23. The molecule has 0 saturated carbocycles. The van der Waals surface area contributed by atoms with Crippen LogP contribution in [-0.4, -0.2) is 15.5 Å². The number of aryl methyl sites for hydroxylation is 1. The molecule has 5 heteroatoms. The summed E-state index contributed by atoms with van der Waals surface area (Å²) in [5.41, 5.74) is 5.51. The number of nitrogens with zero attached hydrogens (tertiary/aromatic N) is 2. The summed E-state index contributed by atoms with van der Waals surface area (Å²) in [5, 5.41) is 4.10. The molecule has 15 heavy (non-hydrogen) atoms. The van der Waals surface area contributed by atoms with Gasteiger partial charge in [-0.15, -0.1) is 0 Å². The van der Waals surface area contributed by atoms with Gasteiger partial charge >= 0.3 is 0 Å². The Kier molecular flexibility index (Phi) is 3.34. The van der Waals surface area contributed by atoms with E-state index in [1.54, 1.807) is 12.3 Å². The molecular formula is C10H13N3OS. The summed E-state index contributed by atoms with van der Waals surface area (Å²) in [6.45, 7) is 0.878. The van der Waals surface area contributed by atoms with Crippen LogP contribution in [0.1, 0.15) is 5.76 Å². The number of hydrogen-bond donors (Lipinski definition) is 1. The molecule has 0 radical (unpaired) electrons. The molecule has 0 unspecified atom stereocenters. The van der Waals surface area contributed by atoms with Crippen LogP contribution >= 0.6 is 11.8 Å². The van der Waals surface area contributed by atoms with Crippen LogP contribution in [0.5, 0.6) is 0 Å². The molecule has 0 spiro atoms. The van der Waals surface area contributed by atoms with Crippen molar-refractivity contribution in [2.45, 2.75) is 12.3 Å². The molecule has 0 saturated heterocycles. The van der Waals surface area contributed by atoms with Crippen molar-refractivity contribution in [2.24, 2.45) is 0 Å². The molecule has 4 nitrogen and oxygen atoms in total. The summed E-state index contributed by atoms with van der Waals surface area (Å²) >= 11 is 1.82. The molecule has 0 aromatic carbocycles. The molecule has 0 aliphatic heterocycles. The summed E-state index contributed by atoms with van der Waals surface area (Å²) in [6.07, 6.45) is 3.59. The zero-order valence-corrected chi connectivity index (χ0v) is 9.11. The van der Waals surface area contributed by atoms with Gasteiger partial charge in [0, 0.05) is 11.9 Å². The number of anilines is 1. The molecule has 0 bridgehead atoms. The van der Waals surface area contributed by atoms with Gasteiger partial charge in [0.25, 0.3) is 0 Å². The van der Waals surface area contributed by atoms with Crippen LogP contribution < -0.4 is 5.73 Å². The second-order valence-corrected chi connectivity index (χ2v) is 4.24. The molecular weight excluding hydrogens is 210 g/mol. The van der Waals surface area contributed by atoms with Crippen LogP contribution in [0.25, 0.3) is 0 Å². The first-order chi connectivity index (χ1) is 7.34. The van der Waals surface area contributed by atoms with E-state index in [1.807, 2.05) is 34.8 Å². The predicted molar refractivity (Wildman–Crippen MR) is 61.5 cm³/mol. The van der Waals surface area contributed by atoms with E-state index in [-0.39, 0.29) is 0 Å². The molecule has 2 N–H and O–H groups in total. The Morgan fingerprint density at radius 3 is 3.07 bits per heavy atom. The largest absolute Gasteiger partial charge is 0.468 e. The molecule has 80 valence electrons. The lowest BCUT2D eigenvalue weighted by Crippen LogP contribution is -2.01. The normalized spacial score (nSPS) is 10.7. The smallest absolute Gasteiger partial charge is 0.145 e. The average molecular weight is 223 g/mol. The van der Waals surface area contributed by atoms with Gasteiger partial charge < -0.3 is 10.2 Å². The number of nitrogens with two attached hydrogens (primary N) is 1. The van der Waals surface area contributed by atoms with E-state index in [4.69, 9.17) is 10.2 Å². The minimum atomic E-state index is 0.575. The van der Waals surface area contributed by atoms with Crippen molar-refractivity contribution < 1.29 is 4.42 Å². The zero-order chi connectivity index (χ0) is 10.5. The van der Waals surface area contributed by atoms with Crippen molar-refractivity contribution in [2.75, 3.05) is 11.5 Å². The van der Waals surface area contributed by atoms with Crippen molar-refractivity contribution in [3.8, 4) is 0 Å². The minimum Gasteiger partial charge on any atom is -0.468 e. The van der Waals surface area contributed by atoms with Gasteiger partial charge in [-0.2, -0.15) is 16.9 Å². The Morgan fingerprint density at radius 1 is 1.47 bits per heavy atom. The second-order valence-electron chi connectivity index (χ2n) is 3.14. The number of rotatable bonds is 5.